The number of pyridine rings is 1. The van der Waals surface area contributed by atoms with Crippen LogP contribution in [-0.2, 0) is 15.9 Å². The van der Waals surface area contributed by atoms with Gasteiger partial charge in [0.2, 0.25) is 11.9 Å². The lowest BCUT2D eigenvalue weighted by Gasteiger charge is -2.40. The van der Waals surface area contributed by atoms with Crippen LogP contribution in [0.25, 0.3) is 11.2 Å². The van der Waals surface area contributed by atoms with Crippen LogP contribution in [0.1, 0.15) is 45.1 Å². The summed E-state index contributed by atoms with van der Waals surface area (Å²) in [4.78, 5) is 21.7. The van der Waals surface area contributed by atoms with Crippen molar-refractivity contribution in [2.45, 2.75) is 50.7 Å². The van der Waals surface area contributed by atoms with Gasteiger partial charge >= 0.3 is 0 Å². The standard InChI is InChI=1S/C21H22ClFN4O2/c1-20(10-3-11-20)27-18-15(8-9-16(22)25-18)24-19(27)26-17(28)12-21(2,29)13-4-6-14(23)7-5-13/h4-9,29H,3,10-12H2,1-2H3,(H,24,26,28). The number of aliphatic hydroxyl groups is 1. The number of carbonyl (C=O) groups is 1. The molecule has 1 aromatic carbocycles. The van der Waals surface area contributed by atoms with Gasteiger partial charge in [0.1, 0.15) is 16.5 Å². The van der Waals surface area contributed by atoms with Gasteiger partial charge in [-0.15, -0.1) is 0 Å². The van der Waals surface area contributed by atoms with Crippen LogP contribution < -0.4 is 5.32 Å². The minimum absolute atomic E-state index is 0.200. The maximum absolute atomic E-state index is 13.2. The first-order valence-electron chi connectivity index (χ1n) is 9.52. The fraction of sp³-hybridized carbons (Fsp3) is 0.381. The molecule has 1 aliphatic carbocycles. The number of imidazole rings is 1. The number of carbonyl (C=O) groups excluding carboxylic acids is 1. The highest BCUT2D eigenvalue weighted by Crippen LogP contribution is 2.42. The van der Waals surface area contributed by atoms with E-state index in [4.69, 9.17) is 11.6 Å². The number of rotatable bonds is 5. The van der Waals surface area contributed by atoms with Crippen LogP contribution in [-0.4, -0.2) is 25.5 Å². The monoisotopic (exact) mass is 416 g/mol. The molecule has 2 N–H and O–H groups in total. The molecule has 6 nitrogen and oxygen atoms in total. The molecule has 1 aliphatic rings. The van der Waals surface area contributed by atoms with Gasteiger partial charge in [0, 0.05) is 5.54 Å². The van der Waals surface area contributed by atoms with E-state index in [2.05, 4.69) is 22.2 Å². The van der Waals surface area contributed by atoms with Crippen LogP contribution >= 0.6 is 11.6 Å². The average molecular weight is 417 g/mol. The molecule has 1 atom stereocenters. The first kappa shape index (κ1) is 19.8. The number of hydrogen-bond donors (Lipinski definition) is 2. The Morgan fingerprint density at radius 1 is 1.28 bits per heavy atom. The number of benzene rings is 1. The van der Waals surface area contributed by atoms with Crippen molar-refractivity contribution in [1.82, 2.24) is 14.5 Å². The zero-order chi connectivity index (χ0) is 20.8. The number of halogens is 2. The van der Waals surface area contributed by atoms with Gasteiger partial charge in [0.15, 0.2) is 5.65 Å². The summed E-state index contributed by atoms with van der Waals surface area (Å²) < 4.78 is 15.1. The minimum Gasteiger partial charge on any atom is -0.385 e. The summed E-state index contributed by atoms with van der Waals surface area (Å²) in [5.41, 5.74) is 0.0795. The van der Waals surface area contributed by atoms with Crippen molar-refractivity contribution >= 4 is 34.6 Å². The second-order valence-electron chi connectivity index (χ2n) is 8.10. The number of nitrogens with one attached hydrogen (secondary N) is 1. The molecular weight excluding hydrogens is 395 g/mol. The zero-order valence-electron chi connectivity index (χ0n) is 16.2. The van der Waals surface area contributed by atoms with Gasteiger partial charge in [-0.1, -0.05) is 23.7 Å². The molecule has 152 valence electrons. The first-order chi connectivity index (χ1) is 13.7. The molecule has 1 fully saturated rings. The van der Waals surface area contributed by atoms with Crippen molar-refractivity contribution in [1.29, 1.82) is 0 Å². The Morgan fingerprint density at radius 2 is 1.97 bits per heavy atom. The number of fused-ring (bicyclic) bond motifs is 1. The highest BCUT2D eigenvalue weighted by molar-refractivity contribution is 6.29. The molecule has 0 spiro atoms. The summed E-state index contributed by atoms with van der Waals surface area (Å²) >= 11 is 6.08. The van der Waals surface area contributed by atoms with Crippen molar-refractivity contribution < 1.29 is 14.3 Å². The van der Waals surface area contributed by atoms with Crippen molar-refractivity contribution in [3.63, 3.8) is 0 Å². The van der Waals surface area contributed by atoms with E-state index < -0.39 is 17.3 Å². The zero-order valence-corrected chi connectivity index (χ0v) is 17.0. The molecule has 29 heavy (non-hydrogen) atoms. The van der Waals surface area contributed by atoms with E-state index in [1.807, 2.05) is 4.57 Å². The van der Waals surface area contributed by atoms with Crippen LogP contribution in [0.4, 0.5) is 10.3 Å². The molecule has 0 aliphatic heterocycles. The SMILES string of the molecule is CC(O)(CC(=O)Nc1nc2ccc(Cl)nc2n1C1(C)CCC1)c1ccc(F)cc1. The van der Waals surface area contributed by atoms with Crippen LogP contribution in [0, 0.1) is 5.82 Å². The molecular formula is C21H22ClFN4O2. The molecule has 1 saturated carbocycles. The van der Waals surface area contributed by atoms with E-state index in [1.165, 1.54) is 31.2 Å². The van der Waals surface area contributed by atoms with Gasteiger partial charge in [-0.3, -0.25) is 14.7 Å². The third-order valence-electron chi connectivity index (χ3n) is 5.66. The molecule has 8 heteroatoms. The smallest absolute Gasteiger partial charge is 0.229 e. The van der Waals surface area contributed by atoms with Gasteiger partial charge in [0.25, 0.3) is 0 Å². The van der Waals surface area contributed by atoms with E-state index >= 15 is 0 Å². The van der Waals surface area contributed by atoms with Crippen LogP contribution in [0.2, 0.25) is 5.15 Å². The second kappa shape index (κ2) is 7.07. The molecule has 0 saturated heterocycles. The molecule has 4 rings (SSSR count). The number of aromatic nitrogens is 3. The lowest BCUT2D eigenvalue weighted by Crippen LogP contribution is -2.39. The predicted molar refractivity (Wildman–Crippen MR) is 109 cm³/mol. The largest absolute Gasteiger partial charge is 0.385 e. The minimum atomic E-state index is -1.45. The van der Waals surface area contributed by atoms with E-state index in [9.17, 15) is 14.3 Å². The molecule has 1 amide bonds. The Kier molecular flexibility index (Phi) is 4.83. The molecule has 3 aromatic rings. The predicted octanol–water partition coefficient (Wildman–Crippen LogP) is 4.36. The number of nitrogens with zero attached hydrogens (tertiary/aromatic N) is 3. The second-order valence-corrected chi connectivity index (χ2v) is 8.49. The quantitative estimate of drug-likeness (QED) is 0.605. The summed E-state index contributed by atoms with van der Waals surface area (Å²) in [5, 5.41) is 13.9. The number of hydrogen-bond acceptors (Lipinski definition) is 4. The average Bonchev–Trinajstić information content (AvgIpc) is 2.96. The van der Waals surface area contributed by atoms with Gasteiger partial charge in [0.05, 0.1) is 12.0 Å². The summed E-state index contributed by atoms with van der Waals surface area (Å²) in [6, 6.07) is 8.89. The lowest BCUT2D eigenvalue weighted by atomic mass is 9.78. The van der Waals surface area contributed by atoms with Crippen LogP contribution in [0.15, 0.2) is 36.4 Å². The fourth-order valence-electron chi connectivity index (χ4n) is 3.83. The van der Waals surface area contributed by atoms with E-state index in [1.54, 1.807) is 12.1 Å². The molecule has 2 heterocycles. The summed E-state index contributed by atoms with van der Waals surface area (Å²) in [6.45, 7) is 3.63. The Hall–Kier alpha value is -2.51. The number of anilines is 1. The first-order valence-corrected chi connectivity index (χ1v) is 9.90. The van der Waals surface area contributed by atoms with Crippen LogP contribution in [0.3, 0.4) is 0 Å². The van der Waals surface area contributed by atoms with E-state index in [0.29, 0.717) is 27.8 Å². The summed E-state index contributed by atoms with van der Waals surface area (Å²) in [6.07, 6.45) is 2.78. The molecule has 0 bridgehead atoms. The van der Waals surface area contributed by atoms with Gasteiger partial charge in [-0.25, -0.2) is 14.4 Å². The third kappa shape index (κ3) is 3.72. The number of amides is 1. The van der Waals surface area contributed by atoms with Gasteiger partial charge in [-0.2, -0.15) is 0 Å². The van der Waals surface area contributed by atoms with Gasteiger partial charge in [-0.05, 0) is 62.9 Å². The van der Waals surface area contributed by atoms with Crippen molar-refractivity contribution in [2.75, 3.05) is 5.32 Å². The summed E-state index contributed by atoms with van der Waals surface area (Å²) in [5.74, 6) is -0.413. The molecule has 0 radical (unpaired) electrons. The van der Waals surface area contributed by atoms with Gasteiger partial charge < -0.3 is 5.11 Å². The molecule has 2 aromatic heterocycles. The van der Waals surface area contributed by atoms with E-state index in [-0.39, 0.29) is 12.0 Å². The van der Waals surface area contributed by atoms with Crippen molar-refractivity contribution in [2.24, 2.45) is 0 Å². The lowest BCUT2D eigenvalue weighted by molar-refractivity contribution is -0.120. The normalized spacial score (nSPS) is 17.6. The van der Waals surface area contributed by atoms with Crippen LogP contribution in [0.5, 0.6) is 0 Å². The van der Waals surface area contributed by atoms with Crippen molar-refractivity contribution in [3.8, 4) is 0 Å². The van der Waals surface area contributed by atoms with E-state index in [0.717, 1.165) is 19.3 Å². The Labute approximate surface area is 172 Å². The Balaban J connectivity index is 1.63. The highest BCUT2D eigenvalue weighted by Gasteiger charge is 2.38. The Morgan fingerprint density at radius 3 is 2.59 bits per heavy atom. The topological polar surface area (TPSA) is 80.0 Å². The molecule has 1 unspecified atom stereocenters. The maximum Gasteiger partial charge on any atom is 0.229 e. The maximum atomic E-state index is 13.2. The third-order valence-corrected chi connectivity index (χ3v) is 5.87. The highest BCUT2D eigenvalue weighted by atomic mass is 35.5. The van der Waals surface area contributed by atoms with Crippen molar-refractivity contribution in [3.05, 3.63) is 52.9 Å². The fourth-order valence-corrected chi connectivity index (χ4v) is 3.98. The summed E-state index contributed by atoms with van der Waals surface area (Å²) in [7, 11) is 0. The Bertz CT molecular complexity index is 1070.